The molecule has 2 aromatic carbocycles. The van der Waals surface area contributed by atoms with Gasteiger partial charge in [-0.15, -0.1) is 0 Å². The molecule has 0 bridgehead atoms. The molecule has 5 heteroatoms. The summed E-state index contributed by atoms with van der Waals surface area (Å²) in [5, 5.41) is 0. The number of nitrogens with zero attached hydrogens (tertiary/aromatic N) is 2. The third kappa shape index (κ3) is 3.40. The Kier molecular flexibility index (Phi) is 4.55. The molecule has 26 heavy (non-hydrogen) atoms. The van der Waals surface area contributed by atoms with Gasteiger partial charge in [0.05, 0.1) is 12.2 Å². The lowest BCUT2D eigenvalue weighted by Crippen LogP contribution is -2.37. The highest BCUT2D eigenvalue weighted by molar-refractivity contribution is 9.10. The Morgan fingerprint density at radius 1 is 1.04 bits per heavy atom. The Labute approximate surface area is 159 Å². The van der Waals surface area contributed by atoms with Crippen LogP contribution < -0.4 is 0 Å². The Morgan fingerprint density at radius 3 is 2.54 bits per heavy atom. The van der Waals surface area contributed by atoms with Gasteiger partial charge < -0.3 is 4.90 Å². The van der Waals surface area contributed by atoms with Crippen LogP contribution in [0.15, 0.2) is 65.3 Å². The number of carbonyl (C=O) groups excluding carboxylic acids is 1. The largest absolute Gasteiger partial charge is 0.332 e. The van der Waals surface area contributed by atoms with E-state index in [1.165, 1.54) is 12.1 Å². The Bertz CT molecular complexity index is 955. The topological polar surface area (TPSA) is 33.2 Å². The first kappa shape index (κ1) is 16.9. The van der Waals surface area contributed by atoms with Gasteiger partial charge in [-0.2, -0.15) is 0 Å². The molecule has 1 amide bonds. The van der Waals surface area contributed by atoms with Crippen LogP contribution in [0.2, 0.25) is 0 Å². The fourth-order valence-electron chi connectivity index (χ4n) is 3.18. The van der Waals surface area contributed by atoms with Crippen molar-refractivity contribution in [3.63, 3.8) is 0 Å². The van der Waals surface area contributed by atoms with E-state index in [0.717, 1.165) is 38.8 Å². The summed E-state index contributed by atoms with van der Waals surface area (Å²) < 4.78 is 14.0. The van der Waals surface area contributed by atoms with Gasteiger partial charge in [0.2, 0.25) is 0 Å². The van der Waals surface area contributed by atoms with Gasteiger partial charge in [0.25, 0.3) is 5.91 Å². The minimum atomic E-state index is -0.255. The van der Waals surface area contributed by atoms with Gasteiger partial charge in [-0.25, -0.2) is 4.39 Å². The average Bonchev–Trinajstić information content (AvgIpc) is 2.65. The van der Waals surface area contributed by atoms with Crippen LogP contribution in [-0.4, -0.2) is 22.3 Å². The molecule has 0 aliphatic carbocycles. The third-order valence-corrected chi connectivity index (χ3v) is 5.08. The second-order valence-corrected chi connectivity index (χ2v) is 7.24. The number of benzene rings is 2. The van der Waals surface area contributed by atoms with E-state index in [0.29, 0.717) is 13.1 Å². The number of pyridine rings is 1. The molecule has 3 nitrogen and oxygen atoms in total. The fraction of sp³-hybridized carbons (Fsp3) is 0.143. The smallest absolute Gasteiger partial charge is 0.254 e. The molecule has 0 fully saturated rings. The van der Waals surface area contributed by atoms with E-state index >= 15 is 0 Å². The molecule has 1 aliphatic rings. The van der Waals surface area contributed by atoms with Crippen LogP contribution >= 0.6 is 15.9 Å². The predicted molar refractivity (Wildman–Crippen MR) is 102 cm³/mol. The average molecular weight is 411 g/mol. The van der Waals surface area contributed by atoms with Crippen LogP contribution in [0.1, 0.15) is 21.6 Å². The van der Waals surface area contributed by atoms with E-state index in [9.17, 15) is 9.18 Å². The van der Waals surface area contributed by atoms with Crippen molar-refractivity contribution in [2.75, 3.05) is 6.54 Å². The van der Waals surface area contributed by atoms with Crippen molar-refractivity contribution in [1.82, 2.24) is 9.88 Å². The van der Waals surface area contributed by atoms with Crippen molar-refractivity contribution in [1.29, 1.82) is 0 Å². The number of hydrogen-bond acceptors (Lipinski definition) is 2. The van der Waals surface area contributed by atoms with E-state index in [4.69, 9.17) is 0 Å². The Hall–Kier alpha value is -2.53. The third-order valence-electron chi connectivity index (χ3n) is 4.59. The molecular weight excluding hydrogens is 395 g/mol. The van der Waals surface area contributed by atoms with Gasteiger partial charge in [0, 0.05) is 28.3 Å². The van der Waals surface area contributed by atoms with Crippen LogP contribution in [0.5, 0.6) is 0 Å². The number of hydrogen-bond donors (Lipinski definition) is 0. The number of aromatic nitrogens is 1. The van der Waals surface area contributed by atoms with Crippen molar-refractivity contribution in [3.8, 4) is 11.1 Å². The number of fused-ring (bicyclic) bond motifs is 1. The Morgan fingerprint density at radius 2 is 1.81 bits per heavy atom. The minimum Gasteiger partial charge on any atom is -0.332 e. The first-order valence-corrected chi connectivity index (χ1v) is 9.18. The molecule has 0 atom stereocenters. The SMILES string of the molecule is O=C1c2ccc(Br)cc2CCN1Cc1ccc(-c2ccc(F)cc2)cn1. The zero-order valence-electron chi connectivity index (χ0n) is 14.0. The summed E-state index contributed by atoms with van der Waals surface area (Å²) in [6.45, 7) is 1.17. The molecule has 0 unspecified atom stereocenters. The molecule has 1 aromatic heterocycles. The van der Waals surface area contributed by atoms with Gasteiger partial charge in [0.1, 0.15) is 5.82 Å². The molecule has 0 saturated heterocycles. The van der Waals surface area contributed by atoms with Gasteiger partial charge in [-0.1, -0.05) is 34.1 Å². The monoisotopic (exact) mass is 410 g/mol. The quantitative estimate of drug-likeness (QED) is 0.618. The highest BCUT2D eigenvalue weighted by Gasteiger charge is 2.24. The van der Waals surface area contributed by atoms with Crippen LogP contribution in [0, 0.1) is 5.82 Å². The first-order chi connectivity index (χ1) is 12.6. The molecule has 0 N–H and O–H groups in total. The molecule has 130 valence electrons. The summed E-state index contributed by atoms with van der Waals surface area (Å²) in [5.41, 5.74) is 4.53. The van der Waals surface area contributed by atoms with Crippen molar-refractivity contribution in [2.24, 2.45) is 0 Å². The summed E-state index contributed by atoms with van der Waals surface area (Å²) in [5.74, 6) is -0.211. The van der Waals surface area contributed by atoms with E-state index in [2.05, 4.69) is 20.9 Å². The second-order valence-electron chi connectivity index (χ2n) is 6.32. The maximum absolute atomic E-state index is 13.0. The van der Waals surface area contributed by atoms with Crippen LogP contribution in [0.3, 0.4) is 0 Å². The summed E-state index contributed by atoms with van der Waals surface area (Å²) in [6, 6.07) is 16.0. The Balaban J connectivity index is 1.50. The zero-order valence-corrected chi connectivity index (χ0v) is 15.5. The molecule has 3 aromatic rings. The molecule has 1 aliphatic heterocycles. The van der Waals surface area contributed by atoms with E-state index in [-0.39, 0.29) is 11.7 Å². The van der Waals surface area contributed by atoms with Crippen LogP contribution in [-0.2, 0) is 13.0 Å². The van der Waals surface area contributed by atoms with Crippen molar-refractivity contribution in [2.45, 2.75) is 13.0 Å². The summed E-state index contributed by atoms with van der Waals surface area (Å²) in [7, 11) is 0. The summed E-state index contributed by atoms with van der Waals surface area (Å²) in [4.78, 5) is 19.0. The van der Waals surface area contributed by atoms with E-state index in [1.54, 1.807) is 18.3 Å². The van der Waals surface area contributed by atoms with E-state index in [1.807, 2.05) is 35.2 Å². The van der Waals surface area contributed by atoms with E-state index < -0.39 is 0 Å². The number of rotatable bonds is 3. The van der Waals surface area contributed by atoms with Gasteiger partial charge in [-0.3, -0.25) is 9.78 Å². The molecule has 0 radical (unpaired) electrons. The molecule has 0 spiro atoms. The molecule has 2 heterocycles. The van der Waals surface area contributed by atoms with Gasteiger partial charge in [0.15, 0.2) is 0 Å². The van der Waals surface area contributed by atoms with Crippen LogP contribution in [0.4, 0.5) is 4.39 Å². The molecular formula is C21H16BrFN2O. The van der Waals surface area contributed by atoms with Crippen molar-refractivity contribution < 1.29 is 9.18 Å². The van der Waals surface area contributed by atoms with Crippen LogP contribution in [0.25, 0.3) is 11.1 Å². The van der Waals surface area contributed by atoms with Crippen molar-refractivity contribution >= 4 is 21.8 Å². The minimum absolute atomic E-state index is 0.0446. The lowest BCUT2D eigenvalue weighted by Gasteiger charge is -2.28. The second kappa shape index (κ2) is 7.00. The summed E-state index contributed by atoms with van der Waals surface area (Å²) in [6.07, 6.45) is 2.61. The molecule has 0 saturated carbocycles. The normalized spacial score (nSPS) is 13.6. The number of amides is 1. The predicted octanol–water partition coefficient (Wildman–Crippen LogP) is 4.85. The lowest BCUT2D eigenvalue weighted by molar-refractivity contribution is 0.0725. The maximum Gasteiger partial charge on any atom is 0.254 e. The maximum atomic E-state index is 13.0. The molecule has 4 rings (SSSR count). The first-order valence-electron chi connectivity index (χ1n) is 8.39. The summed E-state index contributed by atoms with van der Waals surface area (Å²) >= 11 is 3.45. The fourth-order valence-corrected chi connectivity index (χ4v) is 3.59. The standard InChI is InChI=1S/C21H16BrFN2O/c22-17-4-8-20-15(11-17)9-10-25(21(20)26)13-19-7-3-16(12-24-19)14-1-5-18(23)6-2-14/h1-8,11-12H,9-10,13H2. The van der Waals surface area contributed by atoms with Gasteiger partial charge >= 0.3 is 0 Å². The zero-order chi connectivity index (χ0) is 18.1. The highest BCUT2D eigenvalue weighted by atomic mass is 79.9. The number of halogens is 2. The highest BCUT2D eigenvalue weighted by Crippen LogP contribution is 2.24. The lowest BCUT2D eigenvalue weighted by atomic mass is 9.99. The van der Waals surface area contributed by atoms with Crippen molar-refractivity contribution in [3.05, 3.63) is 87.9 Å². The number of carbonyl (C=O) groups is 1. The van der Waals surface area contributed by atoms with Gasteiger partial charge in [-0.05, 0) is 53.9 Å².